The zero-order chi connectivity index (χ0) is 13.5. The molecule has 0 fully saturated rings. The van der Waals surface area contributed by atoms with Crippen LogP contribution in [0.15, 0.2) is 22.7 Å². The van der Waals surface area contributed by atoms with Gasteiger partial charge in [0.1, 0.15) is 0 Å². The first-order chi connectivity index (χ1) is 8.52. The largest absolute Gasteiger partial charge is 0.310 e. The molecule has 1 N–H and O–H groups in total. The minimum atomic E-state index is -0.370. The molecule has 0 aliphatic rings. The van der Waals surface area contributed by atoms with Crippen molar-refractivity contribution in [2.75, 3.05) is 12.0 Å². The minimum absolute atomic E-state index is 0.123. The van der Waals surface area contributed by atoms with E-state index in [1.54, 1.807) is 6.07 Å². The Morgan fingerprint density at radius 3 is 2.83 bits per heavy atom. The molecule has 1 aromatic rings. The molecule has 18 heavy (non-hydrogen) atoms. The van der Waals surface area contributed by atoms with E-state index in [0.29, 0.717) is 12.6 Å². The van der Waals surface area contributed by atoms with E-state index in [1.807, 2.05) is 17.8 Å². The third-order valence-corrected chi connectivity index (χ3v) is 3.66. The molecule has 0 heterocycles. The quantitative estimate of drug-likeness (QED) is 0.612. The number of benzene rings is 1. The van der Waals surface area contributed by atoms with Crippen molar-refractivity contribution in [1.82, 2.24) is 5.32 Å². The van der Waals surface area contributed by atoms with Crippen LogP contribution in [0, 0.1) is 10.1 Å². The summed E-state index contributed by atoms with van der Waals surface area (Å²) in [5.41, 5.74) is 1.05. The molecule has 0 amide bonds. The van der Waals surface area contributed by atoms with Crippen LogP contribution < -0.4 is 5.32 Å². The highest BCUT2D eigenvalue weighted by molar-refractivity contribution is 9.10. The molecule has 1 unspecified atom stereocenters. The Bertz CT molecular complexity index is 415. The summed E-state index contributed by atoms with van der Waals surface area (Å²) in [6, 6.07) is 5.44. The van der Waals surface area contributed by atoms with Crippen molar-refractivity contribution in [3.05, 3.63) is 38.3 Å². The van der Waals surface area contributed by atoms with Gasteiger partial charge in [0.15, 0.2) is 0 Å². The maximum Gasteiger partial charge on any atom is 0.270 e. The molecule has 1 atom stereocenters. The molecule has 0 spiro atoms. The predicted octanol–water partition coefficient (Wildman–Crippen LogP) is 3.59. The summed E-state index contributed by atoms with van der Waals surface area (Å²) in [6.07, 6.45) is 3.18. The number of thioether (sulfide) groups is 1. The number of hydrogen-bond donors (Lipinski definition) is 1. The van der Waals surface area contributed by atoms with Gasteiger partial charge in [0.25, 0.3) is 5.69 Å². The Kier molecular flexibility index (Phi) is 6.67. The van der Waals surface area contributed by atoms with E-state index in [-0.39, 0.29) is 10.6 Å². The van der Waals surface area contributed by atoms with Gasteiger partial charge >= 0.3 is 0 Å². The summed E-state index contributed by atoms with van der Waals surface area (Å²) >= 11 is 5.12. The first kappa shape index (κ1) is 15.5. The number of nitrogens with zero attached hydrogens (tertiary/aromatic N) is 1. The third-order valence-electron chi connectivity index (χ3n) is 2.56. The van der Waals surface area contributed by atoms with Gasteiger partial charge in [-0.25, -0.2) is 0 Å². The zero-order valence-corrected chi connectivity index (χ0v) is 12.9. The van der Waals surface area contributed by atoms with Crippen LogP contribution in [0.1, 0.15) is 18.9 Å². The molecule has 0 aromatic heterocycles. The second kappa shape index (κ2) is 7.76. The molecule has 0 aliphatic carbocycles. The number of non-ortho nitro benzene ring substituents is 1. The monoisotopic (exact) mass is 332 g/mol. The van der Waals surface area contributed by atoms with Gasteiger partial charge in [-0.15, -0.1) is 0 Å². The molecule has 0 saturated carbocycles. The number of nitro benzene ring substituents is 1. The van der Waals surface area contributed by atoms with Gasteiger partial charge in [0, 0.05) is 29.2 Å². The fourth-order valence-electron chi connectivity index (χ4n) is 1.53. The van der Waals surface area contributed by atoms with Gasteiger partial charge in [-0.2, -0.15) is 11.8 Å². The third kappa shape index (κ3) is 5.37. The first-order valence-corrected chi connectivity index (χ1v) is 7.87. The Balaban J connectivity index is 2.59. The van der Waals surface area contributed by atoms with E-state index in [4.69, 9.17) is 0 Å². The normalized spacial score (nSPS) is 12.4. The molecule has 0 bridgehead atoms. The summed E-state index contributed by atoms with van der Waals surface area (Å²) in [6.45, 7) is 2.78. The zero-order valence-electron chi connectivity index (χ0n) is 10.5. The maximum atomic E-state index is 10.7. The molecule has 0 radical (unpaired) electrons. The summed E-state index contributed by atoms with van der Waals surface area (Å²) in [7, 11) is 0. The van der Waals surface area contributed by atoms with E-state index in [0.717, 1.165) is 22.2 Å². The number of hydrogen-bond acceptors (Lipinski definition) is 4. The van der Waals surface area contributed by atoms with Crippen molar-refractivity contribution in [2.45, 2.75) is 25.9 Å². The highest BCUT2D eigenvalue weighted by Crippen LogP contribution is 2.21. The maximum absolute atomic E-state index is 10.7. The smallest absolute Gasteiger partial charge is 0.270 e. The molecule has 1 aromatic carbocycles. The second-order valence-electron chi connectivity index (χ2n) is 4.14. The van der Waals surface area contributed by atoms with E-state index in [9.17, 15) is 10.1 Å². The lowest BCUT2D eigenvalue weighted by molar-refractivity contribution is -0.385. The van der Waals surface area contributed by atoms with Gasteiger partial charge in [-0.3, -0.25) is 10.1 Å². The second-order valence-corrected chi connectivity index (χ2v) is 6.04. The molecule has 4 nitrogen and oxygen atoms in total. The number of nitrogens with one attached hydrogen (secondary N) is 1. The van der Waals surface area contributed by atoms with Crippen LogP contribution in [0.25, 0.3) is 0 Å². The van der Waals surface area contributed by atoms with Crippen LogP contribution in [-0.2, 0) is 6.54 Å². The Hall–Kier alpha value is -0.590. The van der Waals surface area contributed by atoms with E-state index in [1.165, 1.54) is 6.07 Å². The van der Waals surface area contributed by atoms with Crippen molar-refractivity contribution in [2.24, 2.45) is 0 Å². The van der Waals surface area contributed by atoms with Gasteiger partial charge in [0.05, 0.1) is 4.92 Å². The fraction of sp³-hybridized carbons (Fsp3) is 0.500. The van der Waals surface area contributed by atoms with Gasteiger partial charge in [-0.1, -0.05) is 15.9 Å². The Morgan fingerprint density at radius 2 is 2.22 bits per heavy atom. The molecule has 0 aliphatic heterocycles. The van der Waals surface area contributed by atoms with Crippen molar-refractivity contribution in [3.63, 3.8) is 0 Å². The van der Waals surface area contributed by atoms with Crippen molar-refractivity contribution in [3.8, 4) is 0 Å². The highest BCUT2D eigenvalue weighted by Gasteiger charge is 2.09. The summed E-state index contributed by atoms with van der Waals surface area (Å²) in [5.74, 6) is 1.12. The van der Waals surface area contributed by atoms with Gasteiger partial charge in [-0.05, 0) is 37.0 Å². The Labute approximate surface area is 120 Å². The molecular weight excluding hydrogens is 316 g/mol. The van der Waals surface area contributed by atoms with Crippen LogP contribution in [0.3, 0.4) is 0 Å². The minimum Gasteiger partial charge on any atom is -0.310 e. The summed E-state index contributed by atoms with van der Waals surface area (Å²) in [5, 5.41) is 14.1. The van der Waals surface area contributed by atoms with Gasteiger partial charge < -0.3 is 5.32 Å². The SMILES string of the molecule is CSCCC(C)NCc1cc(Br)cc([N+](=O)[O-])c1. The van der Waals surface area contributed by atoms with Crippen molar-refractivity contribution < 1.29 is 4.92 Å². The standard InChI is InChI=1S/C12H17BrN2O2S/c1-9(3-4-18-2)14-8-10-5-11(13)7-12(6-10)15(16)17/h5-7,9,14H,3-4,8H2,1-2H3. The van der Waals surface area contributed by atoms with Crippen LogP contribution in [0.4, 0.5) is 5.69 Å². The lowest BCUT2D eigenvalue weighted by atomic mass is 10.2. The number of halogens is 1. The van der Waals surface area contributed by atoms with Crippen LogP contribution in [0.2, 0.25) is 0 Å². The van der Waals surface area contributed by atoms with Gasteiger partial charge in [0.2, 0.25) is 0 Å². The average Bonchev–Trinajstić information content (AvgIpc) is 2.33. The molecular formula is C12H17BrN2O2S. The fourth-order valence-corrected chi connectivity index (χ4v) is 2.65. The van der Waals surface area contributed by atoms with E-state index >= 15 is 0 Å². The molecule has 0 saturated heterocycles. The lowest BCUT2D eigenvalue weighted by Gasteiger charge is -2.13. The average molecular weight is 333 g/mol. The van der Waals surface area contributed by atoms with E-state index < -0.39 is 0 Å². The molecule has 1 rings (SSSR count). The molecule has 100 valence electrons. The van der Waals surface area contributed by atoms with E-state index in [2.05, 4.69) is 34.4 Å². The Morgan fingerprint density at radius 1 is 1.50 bits per heavy atom. The lowest BCUT2D eigenvalue weighted by Crippen LogP contribution is -2.26. The van der Waals surface area contributed by atoms with Crippen LogP contribution in [-0.4, -0.2) is 23.0 Å². The first-order valence-electron chi connectivity index (χ1n) is 5.69. The van der Waals surface area contributed by atoms with Crippen LogP contribution >= 0.6 is 27.7 Å². The highest BCUT2D eigenvalue weighted by atomic mass is 79.9. The predicted molar refractivity (Wildman–Crippen MR) is 80.1 cm³/mol. The number of nitro groups is 1. The molecule has 6 heteroatoms. The summed E-state index contributed by atoms with van der Waals surface area (Å²) in [4.78, 5) is 10.4. The van der Waals surface area contributed by atoms with Crippen molar-refractivity contribution in [1.29, 1.82) is 0 Å². The van der Waals surface area contributed by atoms with Crippen LogP contribution in [0.5, 0.6) is 0 Å². The topological polar surface area (TPSA) is 55.2 Å². The number of rotatable bonds is 7. The van der Waals surface area contributed by atoms with Crippen molar-refractivity contribution >= 4 is 33.4 Å². The summed E-state index contributed by atoms with van der Waals surface area (Å²) < 4.78 is 0.741.